The number of hydrogen-bond acceptors (Lipinski definition) is 2. The van der Waals surface area contributed by atoms with E-state index in [0.717, 1.165) is 6.42 Å². The summed E-state index contributed by atoms with van der Waals surface area (Å²) in [5.41, 5.74) is 4.18. The van der Waals surface area contributed by atoms with Crippen molar-refractivity contribution in [1.29, 1.82) is 0 Å². The molecule has 1 aliphatic carbocycles. The molecule has 2 rings (SSSR count). The molecule has 0 unspecified atom stereocenters. The van der Waals surface area contributed by atoms with E-state index in [1.807, 2.05) is 0 Å². The number of aliphatic hydroxyl groups excluding tert-OH is 2. The first kappa shape index (κ1) is 10.7. The Balaban J connectivity index is 2.09. The molecule has 0 saturated heterocycles. The Morgan fingerprint density at radius 3 is 2.53 bits per heavy atom. The molecule has 0 bridgehead atoms. The van der Waals surface area contributed by atoms with Crippen molar-refractivity contribution >= 4 is 0 Å². The largest absolute Gasteiger partial charge is 0.396 e. The third kappa shape index (κ3) is 2.39. The van der Waals surface area contributed by atoms with E-state index in [1.54, 1.807) is 0 Å². The molecule has 0 aromatic heterocycles. The molecule has 0 amide bonds. The van der Waals surface area contributed by atoms with Crippen LogP contribution >= 0.6 is 0 Å². The number of aryl methyl sites for hydroxylation is 2. The van der Waals surface area contributed by atoms with E-state index < -0.39 is 0 Å². The minimum absolute atomic E-state index is 0.00977. The van der Waals surface area contributed by atoms with E-state index in [4.69, 9.17) is 10.2 Å². The van der Waals surface area contributed by atoms with E-state index >= 15 is 0 Å². The second-order valence-corrected chi connectivity index (χ2v) is 4.39. The molecule has 2 heteroatoms. The van der Waals surface area contributed by atoms with Crippen molar-refractivity contribution in [3.63, 3.8) is 0 Å². The zero-order chi connectivity index (χ0) is 10.7. The maximum Gasteiger partial charge on any atom is 0.0484 e. The summed E-state index contributed by atoms with van der Waals surface area (Å²) in [5, 5.41) is 18.0. The second-order valence-electron chi connectivity index (χ2n) is 4.39. The minimum atomic E-state index is -0.00977. The van der Waals surface area contributed by atoms with E-state index in [2.05, 4.69) is 18.2 Å². The lowest BCUT2D eigenvalue weighted by atomic mass is 9.98. The Labute approximate surface area is 90.6 Å². The summed E-state index contributed by atoms with van der Waals surface area (Å²) in [7, 11) is 0. The molecule has 2 nitrogen and oxygen atoms in total. The van der Waals surface area contributed by atoms with Crippen LogP contribution in [-0.2, 0) is 19.3 Å². The summed E-state index contributed by atoms with van der Waals surface area (Å²) in [6.07, 6.45) is 4.44. The SMILES string of the molecule is OCC(CO)Cc1ccc2c(c1)CCC2. The maximum absolute atomic E-state index is 9.02. The fraction of sp³-hybridized carbons (Fsp3) is 0.538. The monoisotopic (exact) mass is 206 g/mol. The molecule has 0 spiro atoms. The number of benzene rings is 1. The van der Waals surface area contributed by atoms with Gasteiger partial charge in [-0.1, -0.05) is 18.2 Å². The average molecular weight is 206 g/mol. The predicted octanol–water partition coefficient (Wildman–Crippen LogP) is 1.32. The van der Waals surface area contributed by atoms with Crippen molar-refractivity contribution in [3.05, 3.63) is 34.9 Å². The van der Waals surface area contributed by atoms with Gasteiger partial charge in [0.05, 0.1) is 0 Å². The van der Waals surface area contributed by atoms with Crippen LogP contribution in [0.25, 0.3) is 0 Å². The van der Waals surface area contributed by atoms with Crippen molar-refractivity contribution in [2.45, 2.75) is 25.7 Å². The number of fused-ring (bicyclic) bond motifs is 1. The molecule has 0 fully saturated rings. The smallest absolute Gasteiger partial charge is 0.0484 e. The third-order valence-corrected chi connectivity index (χ3v) is 3.20. The Morgan fingerprint density at radius 2 is 1.80 bits per heavy atom. The molecule has 2 N–H and O–H groups in total. The molecule has 15 heavy (non-hydrogen) atoms. The van der Waals surface area contributed by atoms with Crippen molar-refractivity contribution < 1.29 is 10.2 Å². The molecule has 0 aliphatic heterocycles. The summed E-state index contributed by atoms with van der Waals surface area (Å²) >= 11 is 0. The van der Waals surface area contributed by atoms with Crippen LogP contribution in [0.4, 0.5) is 0 Å². The van der Waals surface area contributed by atoms with Crippen LogP contribution in [0.1, 0.15) is 23.1 Å². The lowest BCUT2D eigenvalue weighted by molar-refractivity contribution is 0.150. The molecule has 1 aliphatic rings. The number of aliphatic hydroxyl groups is 2. The van der Waals surface area contributed by atoms with Gasteiger partial charge in [0.15, 0.2) is 0 Å². The highest BCUT2D eigenvalue weighted by Crippen LogP contribution is 2.23. The van der Waals surface area contributed by atoms with Crippen LogP contribution in [-0.4, -0.2) is 23.4 Å². The van der Waals surface area contributed by atoms with Gasteiger partial charge in [-0.25, -0.2) is 0 Å². The van der Waals surface area contributed by atoms with E-state index in [-0.39, 0.29) is 19.1 Å². The molecule has 0 saturated carbocycles. The van der Waals surface area contributed by atoms with Gasteiger partial charge in [0, 0.05) is 19.1 Å². The first-order valence-electron chi connectivity index (χ1n) is 5.66. The fourth-order valence-electron chi connectivity index (χ4n) is 2.27. The Bertz CT molecular complexity index is 329. The van der Waals surface area contributed by atoms with Crippen LogP contribution in [0.3, 0.4) is 0 Å². The lowest BCUT2D eigenvalue weighted by Gasteiger charge is -2.11. The molecule has 0 radical (unpaired) electrons. The highest BCUT2D eigenvalue weighted by atomic mass is 16.3. The van der Waals surface area contributed by atoms with Crippen molar-refractivity contribution in [2.75, 3.05) is 13.2 Å². The summed E-state index contributed by atoms with van der Waals surface area (Å²) < 4.78 is 0. The average Bonchev–Trinajstić information content (AvgIpc) is 2.73. The van der Waals surface area contributed by atoms with Gasteiger partial charge in [-0.2, -0.15) is 0 Å². The third-order valence-electron chi connectivity index (χ3n) is 3.20. The zero-order valence-electron chi connectivity index (χ0n) is 8.95. The van der Waals surface area contributed by atoms with Gasteiger partial charge in [-0.15, -0.1) is 0 Å². The van der Waals surface area contributed by atoms with Gasteiger partial charge >= 0.3 is 0 Å². The Morgan fingerprint density at radius 1 is 1.07 bits per heavy atom. The molecule has 82 valence electrons. The molecule has 0 atom stereocenters. The highest BCUT2D eigenvalue weighted by molar-refractivity contribution is 5.35. The summed E-state index contributed by atoms with van der Waals surface area (Å²) in [4.78, 5) is 0. The lowest BCUT2D eigenvalue weighted by Crippen LogP contribution is -2.14. The topological polar surface area (TPSA) is 40.5 Å². The van der Waals surface area contributed by atoms with E-state index in [0.29, 0.717) is 0 Å². The Kier molecular flexibility index (Phi) is 3.39. The van der Waals surface area contributed by atoms with E-state index in [1.165, 1.54) is 36.0 Å². The van der Waals surface area contributed by atoms with Crippen LogP contribution in [0.15, 0.2) is 18.2 Å². The summed E-state index contributed by atoms with van der Waals surface area (Å²) in [6, 6.07) is 6.56. The second kappa shape index (κ2) is 4.77. The normalized spacial score (nSPS) is 14.6. The predicted molar refractivity (Wildman–Crippen MR) is 59.8 cm³/mol. The van der Waals surface area contributed by atoms with Crippen molar-refractivity contribution in [3.8, 4) is 0 Å². The number of rotatable bonds is 4. The van der Waals surface area contributed by atoms with Gasteiger partial charge in [-0.3, -0.25) is 0 Å². The van der Waals surface area contributed by atoms with Crippen LogP contribution in [0, 0.1) is 5.92 Å². The van der Waals surface area contributed by atoms with Gasteiger partial charge < -0.3 is 10.2 Å². The van der Waals surface area contributed by atoms with Crippen molar-refractivity contribution in [1.82, 2.24) is 0 Å². The van der Waals surface area contributed by atoms with Gasteiger partial charge in [-0.05, 0) is 42.4 Å². The summed E-state index contributed by atoms with van der Waals surface area (Å²) in [5.74, 6) is -0.00977. The molecule has 1 aromatic rings. The first-order valence-corrected chi connectivity index (χ1v) is 5.66. The molecule has 1 aromatic carbocycles. The minimum Gasteiger partial charge on any atom is -0.396 e. The van der Waals surface area contributed by atoms with Crippen molar-refractivity contribution in [2.24, 2.45) is 5.92 Å². The number of hydrogen-bond donors (Lipinski definition) is 2. The Hall–Kier alpha value is -0.860. The molecular formula is C13H18O2. The quantitative estimate of drug-likeness (QED) is 0.780. The molecule has 0 heterocycles. The fourth-order valence-corrected chi connectivity index (χ4v) is 2.27. The summed E-state index contributed by atoms with van der Waals surface area (Å²) in [6.45, 7) is 0.126. The van der Waals surface area contributed by atoms with Gasteiger partial charge in [0.1, 0.15) is 0 Å². The maximum atomic E-state index is 9.02. The highest BCUT2D eigenvalue weighted by Gasteiger charge is 2.12. The van der Waals surface area contributed by atoms with Crippen LogP contribution < -0.4 is 0 Å². The van der Waals surface area contributed by atoms with Gasteiger partial charge in [0.25, 0.3) is 0 Å². The first-order chi connectivity index (χ1) is 7.33. The van der Waals surface area contributed by atoms with Crippen LogP contribution in [0.2, 0.25) is 0 Å². The molecular weight excluding hydrogens is 188 g/mol. The zero-order valence-corrected chi connectivity index (χ0v) is 8.95. The van der Waals surface area contributed by atoms with Crippen LogP contribution in [0.5, 0.6) is 0 Å². The standard InChI is InChI=1S/C13H18O2/c14-8-11(9-15)6-10-4-5-12-2-1-3-13(12)7-10/h4-5,7,11,14-15H,1-3,6,8-9H2. The van der Waals surface area contributed by atoms with E-state index in [9.17, 15) is 0 Å². The van der Waals surface area contributed by atoms with Gasteiger partial charge in [0.2, 0.25) is 0 Å².